The molecule has 2 rings (SSSR count). The zero-order valence-corrected chi connectivity index (χ0v) is 13.8. The largest absolute Gasteiger partial charge is 0.507 e. The summed E-state index contributed by atoms with van der Waals surface area (Å²) >= 11 is 0. The van der Waals surface area contributed by atoms with Crippen LogP contribution in [0.5, 0.6) is 5.75 Å². The molecule has 0 spiro atoms. The molecule has 0 radical (unpaired) electrons. The summed E-state index contributed by atoms with van der Waals surface area (Å²) in [5.41, 5.74) is -0.0828. The van der Waals surface area contributed by atoms with Gasteiger partial charge in [-0.1, -0.05) is 20.3 Å². The van der Waals surface area contributed by atoms with E-state index < -0.39 is 17.3 Å². The van der Waals surface area contributed by atoms with Crippen molar-refractivity contribution in [1.29, 1.82) is 0 Å². The second-order valence-electron chi connectivity index (χ2n) is 6.29. The van der Waals surface area contributed by atoms with Gasteiger partial charge in [-0.15, -0.1) is 0 Å². The number of aromatic hydroxyl groups is 1. The van der Waals surface area contributed by atoms with E-state index in [1.807, 2.05) is 20.8 Å². The van der Waals surface area contributed by atoms with Gasteiger partial charge in [0.25, 0.3) is 0 Å². The first kappa shape index (κ1) is 16.8. The normalized spacial score (nSPS) is 24.2. The van der Waals surface area contributed by atoms with E-state index in [9.17, 15) is 15.0 Å². The maximum absolute atomic E-state index is 11.8. The number of hydrogen-bond donors (Lipinski definition) is 2. The van der Waals surface area contributed by atoms with Crippen molar-refractivity contribution in [3.8, 4) is 5.75 Å². The predicted molar refractivity (Wildman–Crippen MR) is 82.7 cm³/mol. The summed E-state index contributed by atoms with van der Waals surface area (Å²) in [6, 6.07) is 0. The summed E-state index contributed by atoms with van der Waals surface area (Å²) in [4.78, 5) is 11.8. The van der Waals surface area contributed by atoms with Gasteiger partial charge in [-0.2, -0.15) is 0 Å². The fourth-order valence-electron chi connectivity index (χ4n) is 2.78. The maximum Gasteiger partial charge on any atom is 0.342 e. The van der Waals surface area contributed by atoms with Crippen LogP contribution in [0.2, 0.25) is 0 Å². The quantitative estimate of drug-likeness (QED) is 0.836. The Bertz CT molecular complexity index is 658. The van der Waals surface area contributed by atoms with Crippen molar-refractivity contribution < 1.29 is 19.4 Å². The number of fused-ring (bicyclic) bond motifs is 1. The van der Waals surface area contributed by atoms with Gasteiger partial charge < -0.3 is 19.4 Å². The van der Waals surface area contributed by atoms with Gasteiger partial charge in [-0.25, -0.2) is 4.79 Å². The molecular formula is C17H24O5. The van der Waals surface area contributed by atoms with Crippen molar-refractivity contribution in [2.45, 2.75) is 59.4 Å². The Morgan fingerprint density at radius 1 is 1.50 bits per heavy atom. The van der Waals surface area contributed by atoms with E-state index in [-0.39, 0.29) is 23.8 Å². The second-order valence-corrected chi connectivity index (χ2v) is 6.29. The Balaban J connectivity index is 2.46. The van der Waals surface area contributed by atoms with Crippen LogP contribution in [0.3, 0.4) is 0 Å². The average molecular weight is 308 g/mol. The minimum Gasteiger partial charge on any atom is -0.507 e. The van der Waals surface area contributed by atoms with E-state index in [1.54, 1.807) is 13.0 Å². The SMILES string of the molecule is CC[C@H](C)[C@H](O)/C(C)=C/[C@]1(C)OCc2c1oc(=O)c(C)c2O. The molecule has 0 unspecified atom stereocenters. The average Bonchev–Trinajstić information content (AvgIpc) is 2.80. The molecule has 0 saturated carbocycles. The van der Waals surface area contributed by atoms with E-state index >= 15 is 0 Å². The highest BCUT2D eigenvalue weighted by Crippen LogP contribution is 2.42. The van der Waals surface area contributed by atoms with Crippen LogP contribution in [0.4, 0.5) is 0 Å². The second kappa shape index (κ2) is 5.89. The molecular weight excluding hydrogens is 284 g/mol. The molecule has 3 atom stereocenters. The van der Waals surface area contributed by atoms with Crippen molar-refractivity contribution in [1.82, 2.24) is 0 Å². The minimum absolute atomic E-state index is 0.0662. The lowest BCUT2D eigenvalue weighted by molar-refractivity contribution is 0.00168. The first-order chi connectivity index (χ1) is 10.2. The summed E-state index contributed by atoms with van der Waals surface area (Å²) in [5.74, 6) is 0.374. The number of rotatable bonds is 4. The van der Waals surface area contributed by atoms with Crippen LogP contribution < -0.4 is 5.63 Å². The lowest BCUT2D eigenvalue weighted by Gasteiger charge is -2.24. The number of ether oxygens (including phenoxy) is 1. The summed E-state index contributed by atoms with van der Waals surface area (Å²) in [5, 5.41) is 20.4. The zero-order chi connectivity index (χ0) is 16.7. The third kappa shape index (κ3) is 2.71. The smallest absolute Gasteiger partial charge is 0.342 e. The van der Waals surface area contributed by atoms with Crippen molar-refractivity contribution in [2.75, 3.05) is 0 Å². The number of aliphatic hydroxyl groups excluding tert-OH is 1. The Labute approximate surface area is 130 Å². The van der Waals surface area contributed by atoms with E-state index in [0.717, 1.165) is 12.0 Å². The summed E-state index contributed by atoms with van der Waals surface area (Å²) in [6.45, 7) is 9.28. The van der Waals surface area contributed by atoms with Crippen LogP contribution in [0.1, 0.15) is 51.0 Å². The fourth-order valence-corrected chi connectivity index (χ4v) is 2.78. The van der Waals surface area contributed by atoms with Gasteiger partial charge in [0.2, 0.25) is 0 Å². The van der Waals surface area contributed by atoms with Crippen LogP contribution >= 0.6 is 0 Å². The molecule has 0 amide bonds. The summed E-state index contributed by atoms with van der Waals surface area (Å²) in [7, 11) is 0. The summed E-state index contributed by atoms with van der Waals surface area (Å²) < 4.78 is 11.1. The first-order valence-electron chi connectivity index (χ1n) is 7.58. The molecule has 1 aromatic heterocycles. The van der Waals surface area contributed by atoms with Crippen molar-refractivity contribution in [2.24, 2.45) is 5.92 Å². The Morgan fingerprint density at radius 2 is 2.14 bits per heavy atom. The topological polar surface area (TPSA) is 79.9 Å². The molecule has 2 N–H and O–H groups in total. The Kier molecular flexibility index (Phi) is 4.49. The van der Waals surface area contributed by atoms with Crippen molar-refractivity contribution in [3.05, 3.63) is 39.0 Å². The lowest BCUT2D eigenvalue weighted by Crippen LogP contribution is -2.24. The van der Waals surface area contributed by atoms with Crippen LogP contribution in [0.25, 0.3) is 0 Å². The molecule has 1 aliphatic heterocycles. The number of hydrogen-bond acceptors (Lipinski definition) is 5. The van der Waals surface area contributed by atoms with Crippen LogP contribution in [0.15, 0.2) is 20.9 Å². The van der Waals surface area contributed by atoms with Gasteiger partial charge in [0.05, 0.1) is 23.8 Å². The van der Waals surface area contributed by atoms with Crippen molar-refractivity contribution in [3.63, 3.8) is 0 Å². The van der Waals surface area contributed by atoms with E-state index in [0.29, 0.717) is 11.3 Å². The monoisotopic (exact) mass is 308 g/mol. The minimum atomic E-state index is -0.960. The molecule has 0 aromatic carbocycles. The van der Waals surface area contributed by atoms with Gasteiger partial charge in [0.1, 0.15) is 11.4 Å². The predicted octanol–water partition coefficient (Wildman–Crippen LogP) is 2.75. The standard InChI is InChI=1S/C17H24O5/c1-6-9(2)13(18)10(3)7-17(5)15-12(8-21-17)14(19)11(4)16(20)22-15/h7,9,13,18-19H,6,8H2,1-5H3/b10-7+/t9-,13-,17-/m0/s1. The Hall–Kier alpha value is -1.59. The fraction of sp³-hybridized carbons (Fsp3) is 0.588. The molecule has 22 heavy (non-hydrogen) atoms. The number of aliphatic hydroxyl groups is 1. The third-order valence-corrected chi connectivity index (χ3v) is 4.54. The zero-order valence-electron chi connectivity index (χ0n) is 13.8. The summed E-state index contributed by atoms with van der Waals surface area (Å²) in [6.07, 6.45) is 2.04. The molecule has 0 bridgehead atoms. The van der Waals surface area contributed by atoms with Crippen LogP contribution in [0, 0.1) is 12.8 Å². The van der Waals surface area contributed by atoms with E-state index in [1.165, 1.54) is 6.92 Å². The molecule has 1 aromatic rings. The molecule has 0 saturated heterocycles. The molecule has 0 aliphatic carbocycles. The van der Waals surface area contributed by atoms with Gasteiger partial charge in [0, 0.05) is 0 Å². The van der Waals surface area contributed by atoms with E-state index in [4.69, 9.17) is 9.15 Å². The maximum atomic E-state index is 11.8. The highest BCUT2D eigenvalue weighted by molar-refractivity contribution is 5.44. The molecule has 1 aliphatic rings. The lowest BCUT2D eigenvalue weighted by atomic mass is 9.91. The van der Waals surface area contributed by atoms with Gasteiger partial charge >= 0.3 is 5.63 Å². The first-order valence-corrected chi connectivity index (χ1v) is 7.58. The molecule has 5 nitrogen and oxygen atoms in total. The Morgan fingerprint density at radius 3 is 2.73 bits per heavy atom. The highest BCUT2D eigenvalue weighted by atomic mass is 16.5. The molecule has 2 heterocycles. The van der Waals surface area contributed by atoms with Gasteiger partial charge in [0.15, 0.2) is 5.76 Å². The molecule has 5 heteroatoms. The third-order valence-electron chi connectivity index (χ3n) is 4.54. The van der Waals surface area contributed by atoms with Crippen molar-refractivity contribution >= 4 is 0 Å². The van der Waals surface area contributed by atoms with Crippen LogP contribution in [-0.2, 0) is 16.9 Å². The highest BCUT2D eigenvalue weighted by Gasteiger charge is 2.40. The molecule has 122 valence electrons. The van der Waals surface area contributed by atoms with Gasteiger partial charge in [-0.3, -0.25) is 0 Å². The van der Waals surface area contributed by atoms with Gasteiger partial charge in [-0.05, 0) is 38.3 Å². The molecule has 0 fully saturated rings. The van der Waals surface area contributed by atoms with Crippen LogP contribution in [-0.4, -0.2) is 16.3 Å². The van der Waals surface area contributed by atoms with E-state index in [2.05, 4.69) is 0 Å².